The molecule has 0 aliphatic carbocycles. The van der Waals surface area contributed by atoms with Gasteiger partial charge in [0, 0.05) is 17.5 Å². The second-order valence-electron chi connectivity index (χ2n) is 6.07. The zero-order chi connectivity index (χ0) is 17.8. The molecule has 0 radical (unpaired) electrons. The van der Waals surface area contributed by atoms with E-state index in [1.807, 2.05) is 30.5 Å². The minimum atomic E-state index is 0.0485. The Morgan fingerprint density at radius 1 is 1.00 bits per heavy atom. The van der Waals surface area contributed by atoms with Crippen molar-refractivity contribution in [3.63, 3.8) is 0 Å². The van der Waals surface area contributed by atoms with Gasteiger partial charge in [0.05, 0.1) is 20.3 Å². The Morgan fingerprint density at radius 2 is 1.68 bits per heavy atom. The number of rotatable bonds is 5. The Kier molecular flexibility index (Phi) is 5.08. The van der Waals surface area contributed by atoms with Crippen molar-refractivity contribution in [3.05, 3.63) is 65.7 Å². The minimum absolute atomic E-state index is 0.0485. The van der Waals surface area contributed by atoms with Gasteiger partial charge >= 0.3 is 0 Å². The van der Waals surface area contributed by atoms with Crippen LogP contribution in [0.2, 0.25) is 0 Å². The molecule has 130 valence electrons. The molecule has 0 spiro atoms. The molecule has 0 fully saturated rings. The fourth-order valence-corrected chi connectivity index (χ4v) is 3.22. The molecule has 0 saturated heterocycles. The van der Waals surface area contributed by atoms with E-state index in [2.05, 4.69) is 54.1 Å². The molecule has 3 rings (SSSR count). The van der Waals surface area contributed by atoms with E-state index < -0.39 is 0 Å². The van der Waals surface area contributed by atoms with Gasteiger partial charge in [0.2, 0.25) is 0 Å². The van der Waals surface area contributed by atoms with Crippen LogP contribution in [-0.4, -0.2) is 31.5 Å². The van der Waals surface area contributed by atoms with Crippen molar-refractivity contribution < 1.29 is 9.47 Å². The van der Waals surface area contributed by atoms with Gasteiger partial charge in [-0.3, -0.25) is 4.99 Å². The van der Waals surface area contributed by atoms with Crippen molar-refractivity contribution in [3.8, 4) is 11.5 Å². The topological polar surface area (TPSA) is 34.1 Å². The molecule has 4 nitrogen and oxygen atoms in total. The van der Waals surface area contributed by atoms with Crippen LogP contribution >= 0.6 is 0 Å². The number of hydrogen-bond donors (Lipinski definition) is 0. The Hall–Kier alpha value is -2.75. The van der Waals surface area contributed by atoms with Gasteiger partial charge in [-0.1, -0.05) is 24.3 Å². The van der Waals surface area contributed by atoms with Crippen LogP contribution in [0.1, 0.15) is 31.0 Å². The first-order chi connectivity index (χ1) is 12.1. The summed E-state index contributed by atoms with van der Waals surface area (Å²) in [5.41, 5.74) is 3.45. The fourth-order valence-electron chi connectivity index (χ4n) is 3.22. The van der Waals surface area contributed by atoms with Crippen molar-refractivity contribution in [1.29, 1.82) is 0 Å². The lowest BCUT2D eigenvalue weighted by Crippen LogP contribution is -2.34. The fraction of sp³-hybridized carbons (Fsp3) is 0.286. The van der Waals surface area contributed by atoms with Gasteiger partial charge in [0.1, 0.15) is 17.7 Å². The number of ether oxygens (including phenoxy) is 2. The lowest BCUT2D eigenvalue weighted by atomic mass is 10.0. The van der Waals surface area contributed by atoms with E-state index in [4.69, 9.17) is 9.47 Å². The highest BCUT2D eigenvalue weighted by Gasteiger charge is 2.26. The summed E-state index contributed by atoms with van der Waals surface area (Å²) in [7, 11) is 3.38. The van der Waals surface area contributed by atoms with Gasteiger partial charge < -0.3 is 14.4 Å². The lowest BCUT2D eigenvalue weighted by Gasteiger charge is -2.38. The third kappa shape index (κ3) is 3.53. The van der Waals surface area contributed by atoms with Crippen molar-refractivity contribution in [2.45, 2.75) is 26.1 Å². The number of hydrogen-bond acceptors (Lipinski definition) is 4. The average Bonchev–Trinajstić information content (AvgIpc) is 2.67. The Balaban J connectivity index is 1.99. The number of methoxy groups -OCH3 is 2. The Morgan fingerprint density at radius 3 is 2.40 bits per heavy atom. The van der Waals surface area contributed by atoms with Crippen LogP contribution in [-0.2, 0) is 0 Å². The molecule has 0 aromatic heterocycles. The molecular weight excluding hydrogens is 312 g/mol. The van der Waals surface area contributed by atoms with Crippen molar-refractivity contribution >= 4 is 11.9 Å². The standard InChI is InChI=1S/C21H24N2O2/c1-15(17-7-5-9-19(13-17)24-3)23-16(2)22-12-11-21(23)18-8-6-10-20(14-18)25-4/h5-16H,1-4H3. The van der Waals surface area contributed by atoms with Crippen molar-refractivity contribution in [2.24, 2.45) is 4.99 Å². The minimum Gasteiger partial charge on any atom is -0.497 e. The van der Waals surface area contributed by atoms with E-state index in [9.17, 15) is 0 Å². The van der Waals surface area contributed by atoms with Gasteiger partial charge in [-0.2, -0.15) is 0 Å². The molecule has 2 atom stereocenters. The zero-order valence-corrected chi connectivity index (χ0v) is 15.1. The lowest BCUT2D eigenvalue weighted by molar-refractivity contribution is 0.252. The SMILES string of the molecule is COc1cccc(C2=CC=NC(C)N2C(C)c2cccc(OC)c2)c1. The van der Waals surface area contributed by atoms with E-state index in [1.165, 1.54) is 5.56 Å². The Labute approximate surface area is 149 Å². The van der Waals surface area contributed by atoms with Crippen molar-refractivity contribution in [2.75, 3.05) is 14.2 Å². The molecule has 0 N–H and O–H groups in total. The van der Waals surface area contributed by atoms with Gasteiger partial charge in [-0.25, -0.2) is 0 Å². The van der Waals surface area contributed by atoms with E-state index in [1.54, 1.807) is 14.2 Å². The monoisotopic (exact) mass is 336 g/mol. The van der Waals surface area contributed by atoms with Crippen molar-refractivity contribution in [1.82, 2.24) is 4.90 Å². The van der Waals surface area contributed by atoms with Gasteiger partial charge in [0.25, 0.3) is 0 Å². The second-order valence-corrected chi connectivity index (χ2v) is 6.07. The highest BCUT2D eigenvalue weighted by atomic mass is 16.5. The van der Waals surface area contributed by atoms with Crippen LogP contribution < -0.4 is 9.47 Å². The maximum atomic E-state index is 5.39. The van der Waals surface area contributed by atoms with Crippen LogP contribution in [0.25, 0.3) is 5.70 Å². The molecule has 2 aromatic rings. The summed E-state index contributed by atoms with van der Waals surface area (Å²) in [5.74, 6) is 1.71. The second kappa shape index (κ2) is 7.43. The van der Waals surface area contributed by atoms with Crippen LogP contribution in [0.4, 0.5) is 0 Å². The predicted octanol–water partition coefficient (Wildman–Crippen LogP) is 4.54. The molecule has 0 bridgehead atoms. The molecule has 0 amide bonds. The molecule has 4 heteroatoms. The van der Waals surface area contributed by atoms with Crippen LogP contribution in [0.15, 0.2) is 59.6 Å². The third-order valence-electron chi connectivity index (χ3n) is 4.57. The molecule has 2 aromatic carbocycles. The van der Waals surface area contributed by atoms with Gasteiger partial charge in [-0.15, -0.1) is 0 Å². The average molecular weight is 336 g/mol. The largest absolute Gasteiger partial charge is 0.497 e. The first kappa shape index (κ1) is 17.1. The number of nitrogens with zero attached hydrogens (tertiary/aromatic N) is 2. The summed E-state index contributed by atoms with van der Waals surface area (Å²) in [5, 5.41) is 0. The predicted molar refractivity (Wildman–Crippen MR) is 102 cm³/mol. The van der Waals surface area contributed by atoms with Gasteiger partial charge in [-0.05, 0) is 49.8 Å². The first-order valence-electron chi connectivity index (χ1n) is 8.44. The molecule has 1 heterocycles. The summed E-state index contributed by atoms with van der Waals surface area (Å²) in [4.78, 5) is 6.90. The number of benzene rings is 2. The highest BCUT2D eigenvalue weighted by Crippen LogP contribution is 2.35. The molecule has 2 unspecified atom stereocenters. The molecular formula is C21H24N2O2. The smallest absolute Gasteiger partial charge is 0.119 e. The molecule has 1 aliphatic rings. The van der Waals surface area contributed by atoms with E-state index in [0.29, 0.717) is 0 Å². The Bertz CT molecular complexity index is 798. The quantitative estimate of drug-likeness (QED) is 0.804. The van der Waals surface area contributed by atoms with Crippen LogP contribution in [0, 0.1) is 0 Å². The highest BCUT2D eigenvalue weighted by molar-refractivity contribution is 5.86. The normalized spacial score (nSPS) is 17.8. The maximum absolute atomic E-state index is 5.39. The van der Waals surface area contributed by atoms with E-state index in [0.717, 1.165) is 22.8 Å². The van der Waals surface area contributed by atoms with E-state index >= 15 is 0 Å². The van der Waals surface area contributed by atoms with Crippen LogP contribution in [0.3, 0.4) is 0 Å². The van der Waals surface area contributed by atoms with E-state index in [-0.39, 0.29) is 12.2 Å². The summed E-state index contributed by atoms with van der Waals surface area (Å²) < 4.78 is 10.8. The molecule has 1 aliphatic heterocycles. The number of aliphatic imine (C=N–C) groups is 1. The van der Waals surface area contributed by atoms with Gasteiger partial charge in [0.15, 0.2) is 0 Å². The summed E-state index contributed by atoms with van der Waals surface area (Å²) in [6, 6.07) is 16.5. The summed E-state index contributed by atoms with van der Waals surface area (Å²) >= 11 is 0. The molecule has 25 heavy (non-hydrogen) atoms. The maximum Gasteiger partial charge on any atom is 0.119 e. The van der Waals surface area contributed by atoms with Crippen LogP contribution in [0.5, 0.6) is 11.5 Å². The summed E-state index contributed by atoms with van der Waals surface area (Å²) in [6.07, 6.45) is 3.99. The zero-order valence-electron chi connectivity index (χ0n) is 15.1. The third-order valence-corrected chi connectivity index (χ3v) is 4.57. The number of allylic oxidation sites excluding steroid dienone is 1. The first-order valence-corrected chi connectivity index (χ1v) is 8.44. The molecule has 0 saturated carbocycles. The summed E-state index contributed by atoms with van der Waals surface area (Å²) in [6.45, 7) is 4.31.